The van der Waals surface area contributed by atoms with E-state index in [2.05, 4.69) is 21.5 Å². The third kappa shape index (κ3) is 6.96. The summed E-state index contributed by atoms with van der Waals surface area (Å²) in [6.07, 6.45) is 1.80. The molecule has 7 nitrogen and oxygen atoms in total. The zero-order valence-electron chi connectivity index (χ0n) is 15.9. The molecule has 1 heterocycles. The van der Waals surface area contributed by atoms with E-state index in [0.717, 1.165) is 5.56 Å². The van der Waals surface area contributed by atoms with Crippen LogP contribution in [0.5, 0.6) is 0 Å². The Labute approximate surface area is 166 Å². The fourth-order valence-corrected chi connectivity index (χ4v) is 4.05. The van der Waals surface area contributed by atoms with Crippen molar-refractivity contribution < 1.29 is 16.8 Å². The molecule has 0 aliphatic rings. The molecule has 0 aliphatic carbocycles. The van der Waals surface area contributed by atoms with Crippen LogP contribution in [0.15, 0.2) is 47.5 Å². The first kappa shape index (κ1) is 21.9. The average Bonchev–Trinajstić information content (AvgIpc) is 2.58. The highest BCUT2D eigenvalue weighted by Crippen LogP contribution is 2.20. The molecule has 150 valence electrons. The van der Waals surface area contributed by atoms with Gasteiger partial charge in [0.15, 0.2) is 0 Å². The molecule has 0 atom stereocenters. The van der Waals surface area contributed by atoms with E-state index in [0.29, 0.717) is 5.69 Å². The molecule has 1 aromatic carbocycles. The molecule has 0 spiro atoms. The minimum atomic E-state index is -4.04. The molecule has 1 aromatic heterocycles. The van der Waals surface area contributed by atoms with Gasteiger partial charge >= 0.3 is 0 Å². The number of sulfonamides is 2. The number of nitrogens with one attached hydrogen (secondary N) is 1. The Bertz CT molecular complexity index is 1110. The maximum Gasteiger partial charge on any atom is 0.240 e. The first-order valence-electron chi connectivity index (χ1n) is 8.46. The van der Waals surface area contributed by atoms with Gasteiger partial charge in [-0.3, -0.25) is 4.72 Å². The van der Waals surface area contributed by atoms with Gasteiger partial charge in [-0.1, -0.05) is 24.1 Å². The van der Waals surface area contributed by atoms with Crippen molar-refractivity contribution in [1.29, 1.82) is 0 Å². The van der Waals surface area contributed by atoms with Gasteiger partial charge in [0.1, 0.15) is 10.6 Å². The summed E-state index contributed by atoms with van der Waals surface area (Å²) in [7, 11) is -7.82. The smallest absolute Gasteiger partial charge is 0.240 e. The quantitative estimate of drug-likeness (QED) is 0.692. The Morgan fingerprint density at radius 3 is 2.32 bits per heavy atom. The van der Waals surface area contributed by atoms with Crippen LogP contribution >= 0.6 is 0 Å². The maximum absolute atomic E-state index is 12.3. The van der Waals surface area contributed by atoms with Gasteiger partial charge in [-0.15, -0.1) is 0 Å². The summed E-state index contributed by atoms with van der Waals surface area (Å²) in [4.78, 5) is 3.95. The highest BCUT2D eigenvalue weighted by molar-refractivity contribution is 7.93. The average molecular weight is 422 g/mol. The number of anilines is 1. The Morgan fingerprint density at radius 2 is 1.75 bits per heavy atom. The van der Waals surface area contributed by atoms with Gasteiger partial charge in [-0.05, 0) is 56.9 Å². The lowest BCUT2D eigenvalue weighted by atomic mass is 9.98. The second-order valence-electron chi connectivity index (χ2n) is 7.26. The highest BCUT2D eigenvalue weighted by Gasteiger charge is 2.18. The topological polar surface area (TPSA) is 119 Å². The molecule has 9 heteroatoms. The number of primary sulfonamides is 1. The van der Waals surface area contributed by atoms with Gasteiger partial charge in [0.2, 0.25) is 20.0 Å². The second-order valence-corrected chi connectivity index (χ2v) is 10.6. The third-order valence-electron chi connectivity index (χ3n) is 3.51. The van der Waals surface area contributed by atoms with Crippen LogP contribution in [0.3, 0.4) is 0 Å². The molecule has 0 fully saturated rings. The lowest BCUT2D eigenvalue weighted by molar-refractivity contribution is 0.571. The van der Waals surface area contributed by atoms with Crippen molar-refractivity contribution in [3.63, 3.8) is 0 Å². The van der Waals surface area contributed by atoms with Crippen molar-refractivity contribution in [1.82, 2.24) is 4.98 Å². The number of aryl methyl sites for hydroxylation is 1. The number of hydrogen-bond donors (Lipinski definition) is 2. The summed E-state index contributed by atoms with van der Waals surface area (Å²) in [5, 5.41) is 5.13. The highest BCUT2D eigenvalue weighted by atomic mass is 32.2. The van der Waals surface area contributed by atoms with Crippen molar-refractivity contribution in [2.24, 2.45) is 10.6 Å². The summed E-state index contributed by atoms with van der Waals surface area (Å²) in [5.74, 6) is 5.82. The molecule has 0 unspecified atom stereocenters. The van der Waals surface area contributed by atoms with Gasteiger partial charge in [-0.25, -0.2) is 27.0 Å². The molecule has 3 N–H and O–H groups in total. The molecular formula is C19H23N3O4S2. The monoisotopic (exact) mass is 421 g/mol. The number of nitrogens with zero attached hydrogens (tertiary/aromatic N) is 1. The van der Waals surface area contributed by atoms with E-state index in [1.54, 1.807) is 18.3 Å². The lowest BCUT2D eigenvalue weighted by Crippen LogP contribution is -2.21. The van der Waals surface area contributed by atoms with Gasteiger partial charge in [0.25, 0.3) is 0 Å². The number of nitrogens with two attached hydrogens (primary N) is 1. The van der Waals surface area contributed by atoms with Crippen LogP contribution in [-0.2, 0) is 26.5 Å². The van der Waals surface area contributed by atoms with Crippen LogP contribution in [0.2, 0.25) is 0 Å². The van der Waals surface area contributed by atoms with Crippen LogP contribution in [0.1, 0.15) is 32.0 Å². The summed E-state index contributed by atoms with van der Waals surface area (Å²) >= 11 is 0. The number of para-hydroxylation sites is 1. The van der Waals surface area contributed by atoms with Crippen LogP contribution in [0.4, 0.5) is 5.69 Å². The van der Waals surface area contributed by atoms with Crippen LogP contribution in [0, 0.1) is 17.3 Å². The van der Waals surface area contributed by atoms with Gasteiger partial charge in [-0.2, -0.15) is 0 Å². The fraction of sp³-hybridized carbons (Fsp3) is 0.316. The van der Waals surface area contributed by atoms with Crippen molar-refractivity contribution in [3.05, 3.63) is 53.9 Å². The minimum Gasteiger partial charge on any atom is -0.282 e. The molecule has 2 rings (SSSR count). The zero-order chi connectivity index (χ0) is 21.0. The number of rotatable bonds is 6. The normalized spacial score (nSPS) is 12.1. The Morgan fingerprint density at radius 1 is 1.07 bits per heavy atom. The number of pyridine rings is 1. The van der Waals surface area contributed by atoms with E-state index in [1.807, 2.05) is 20.8 Å². The Kier molecular flexibility index (Phi) is 6.49. The SMILES string of the molecule is CC(C)(C)C#Cc1ccc(CCS(=O)(=O)Nc2ccccc2S(N)(=O)=O)cn1. The van der Waals surface area contributed by atoms with E-state index in [-0.39, 0.29) is 28.2 Å². The minimum absolute atomic E-state index is 0.0732. The number of hydrogen-bond acceptors (Lipinski definition) is 5. The molecule has 0 radical (unpaired) electrons. The van der Waals surface area contributed by atoms with E-state index in [4.69, 9.17) is 5.14 Å². The molecule has 0 amide bonds. The summed E-state index contributed by atoms with van der Waals surface area (Å²) in [6, 6.07) is 9.09. The van der Waals surface area contributed by atoms with Gasteiger partial charge in [0.05, 0.1) is 11.4 Å². The molecule has 0 bridgehead atoms. The Hall–Kier alpha value is -2.41. The summed E-state index contributed by atoms with van der Waals surface area (Å²) in [5.41, 5.74) is 1.14. The predicted molar refractivity (Wildman–Crippen MR) is 109 cm³/mol. The molecule has 2 aromatic rings. The summed E-state index contributed by atoms with van der Waals surface area (Å²) < 4.78 is 50.1. The largest absolute Gasteiger partial charge is 0.282 e. The first-order chi connectivity index (χ1) is 12.9. The van der Waals surface area contributed by atoms with Crippen molar-refractivity contribution in [2.45, 2.75) is 32.1 Å². The predicted octanol–water partition coefficient (Wildman–Crippen LogP) is 2.11. The van der Waals surface area contributed by atoms with Gasteiger partial charge in [0, 0.05) is 11.6 Å². The van der Waals surface area contributed by atoms with Crippen molar-refractivity contribution >= 4 is 25.7 Å². The van der Waals surface area contributed by atoms with E-state index in [9.17, 15) is 16.8 Å². The van der Waals surface area contributed by atoms with E-state index >= 15 is 0 Å². The summed E-state index contributed by atoms with van der Waals surface area (Å²) in [6.45, 7) is 6.00. The Balaban J connectivity index is 2.07. The number of aromatic nitrogens is 1. The maximum atomic E-state index is 12.3. The molecule has 0 saturated carbocycles. The number of benzene rings is 1. The third-order valence-corrected chi connectivity index (χ3v) is 5.75. The first-order valence-corrected chi connectivity index (χ1v) is 11.7. The van der Waals surface area contributed by atoms with E-state index < -0.39 is 20.0 Å². The van der Waals surface area contributed by atoms with Crippen molar-refractivity contribution in [2.75, 3.05) is 10.5 Å². The van der Waals surface area contributed by atoms with Crippen molar-refractivity contribution in [3.8, 4) is 11.8 Å². The zero-order valence-corrected chi connectivity index (χ0v) is 17.6. The standard InChI is InChI=1S/C19H23N3O4S2/c1-19(2,3)12-10-16-9-8-15(14-21-16)11-13-27(23,24)22-17-6-4-5-7-18(17)28(20,25)26/h4-9,14,22H,11,13H2,1-3H3,(H2,20,25,26). The lowest BCUT2D eigenvalue weighted by Gasteiger charge is -2.11. The van der Waals surface area contributed by atoms with Crippen LogP contribution in [0.25, 0.3) is 0 Å². The van der Waals surface area contributed by atoms with Crippen LogP contribution < -0.4 is 9.86 Å². The molecule has 0 saturated heterocycles. The van der Waals surface area contributed by atoms with Gasteiger partial charge < -0.3 is 0 Å². The molecular weight excluding hydrogens is 398 g/mol. The van der Waals surface area contributed by atoms with Crippen LogP contribution in [-0.4, -0.2) is 27.6 Å². The molecule has 0 aliphatic heterocycles. The van der Waals surface area contributed by atoms with E-state index in [1.165, 1.54) is 24.3 Å². The fourth-order valence-electron chi connectivity index (χ4n) is 2.17. The second kappa shape index (κ2) is 8.31. The molecule has 28 heavy (non-hydrogen) atoms.